The lowest BCUT2D eigenvalue weighted by Crippen LogP contribution is -2.28. The SMILES string of the molecule is CN(C)C(=O)CNc1scnc1C(=O)O. The van der Waals surface area contributed by atoms with Crippen molar-refractivity contribution in [2.45, 2.75) is 0 Å². The molecule has 1 aromatic heterocycles. The largest absolute Gasteiger partial charge is 0.476 e. The summed E-state index contributed by atoms with van der Waals surface area (Å²) in [4.78, 5) is 27.0. The maximum absolute atomic E-state index is 11.2. The number of carboxylic acids is 1. The van der Waals surface area contributed by atoms with Gasteiger partial charge >= 0.3 is 5.97 Å². The third-order valence-electron chi connectivity index (χ3n) is 1.67. The predicted molar refractivity (Wildman–Crippen MR) is 56.3 cm³/mol. The highest BCUT2D eigenvalue weighted by Crippen LogP contribution is 2.19. The van der Waals surface area contributed by atoms with Gasteiger partial charge in [-0.2, -0.15) is 0 Å². The van der Waals surface area contributed by atoms with Crippen LogP contribution in [0.5, 0.6) is 0 Å². The van der Waals surface area contributed by atoms with Gasteiger partial charge in [0.15, 0.2) is 5.69 Å². The average molecular weight is 229 g/mol. The second kappa shape index (κ2) is 4.74. The van der Waals surface area contributed by atoms with E-state index in [0.717, 1.165) is 11.3 Å². The lowest BCUT2D eigenvalue weighted by atomic mass is 10.4. The van der Waals surface area contributed by atoms with Gasteiger partial charge in [-0.15, -0.1) is 11.3 Å². The molecule has 0 saturated heterocycles. The molecule has 1 aromatic rings. The van der Waals surface area contributed by atoms with E-state index >= 15 is 0 Å². The fourth-order valence-electron chi connectivity index (χ4n) is 0.838. The Bertz CT molecular complexity index is 375. The van der Waals surface area contributed by atoms with Crippen LogP contribution in [-0.4, -0.2) is 47.5 Å². The molecule has 1 rings (SSSR count). The van der Waals surface area contributed by atoms with Crippen molar-refractivity contribution in [2.75, 3.05) is 26.0 Å². The van der Waals surface area contributed by atoms with Crippen molar-refractivity contribution in [3.63, 3.8) is 0 Å². The number of anilines is 1. The highest BCUT2D eigenvalue weighted by molar-refractivity contribution is 7.14. The molecule has 0 saturated carbocycles. The van der Waals surface area contributed by atoms with Crippen molar-refractivity contribution >= 4 is 28.2 Å². The first kappa shape index (κ1) is 11.4. The van der Waals surface area contributed by atoms with E-state index in [0.29, 0.717) is 5.00 Å². The van der Waals surface area contributed by atoms with Gasteiger partial charge in [0.25, 0.3) is 0 Å². The first-order valence-electron chi connectivity index (χ1n) is 4.13. The molecule has 0 aliphatic heterocycles. The van der Waals surface area contributed by atoms with Gasteiger partial charge in [-0.25, -0.2) is 9.78 Å². The van der Waals surface area contributed by atoms with Crippen molar-refractivity contribution in [1.82, 2.24) is 9.88 Å². The Kier molecular flexibility index (Phi) is 3.62. The van der Waals surface area contributed by atoms with Crippen LogP contribution >= 0.6 is 11.3 Å². The predicted octanol–water partition coefficient (Wildman–Crippen LogP) is 0.341. The van der Waals surface area contributed by atoms with Gasteiger partial charge in [0.05, 0.1) is 12.1 Å². The zero-order chi connectivity index (χ0) is 11.4. The summed E-state index contributed by atoms with van der Waals surface area (Å²) in [6, 6.07) is 0. The van der Waals surface area contributed by atoms with Crippen LogP contribution in [0, 0.1) is 0 Å². The van der Waals surface area contributed by atoms with Crippen LogP contribution in [-0.2, 0) is 4.79 Å². The van der Waals surface area contributed by atoms with Crippen molar-refractivity contribution in [1.29, 1.82) is 0 Å². The van der Waals surface area contributed by atoms with Gasteiger partial charge in [-0.05, 0) is 0 Å². The monoisotopic (exact) mass is 229 g/mol. The summed E-state index contributed by atoms with van der Waals surface area (Å²) in [6.45, 7) is 0.0650. The van der Waals surface area contributed by atoms with Crippen molar-refractivity contribution in [3.05, 3.63) is 11.2 Å². The van der Waals surface area contributed by atoms with Crippen LogP contribution in [0.15, 0.2) is 5.51 Å². The minimum Gasteiger partial charge on any atom is -0.476 e. The number of aromatic nitrogens is 1. The molecule has 0 aromatic carbocycles. The topological polar surface area (TPSA) is 82.5 Å². The third kappa shape index (κ3) is 2.91. The molecule has 15 heavy (non-hydrogen) atoms. The Hall–Kier alpha value is -1.63. The Morgan fingerprint density at radius 1 is 1.60 bits per heavy atom. The highest BCUT2D eigenvalue weighted by Gasteiger charge is 2.14. The standard InChI is InChI=1S/C8H11N3O3S/c1-11(2)5(12)3-9-7-6(8(13)14)10-4-15-7/h4,9H,3H2,1-2H3,(H,13,14). The van der Waals surface area contributed by atoms with Gasteiger partial charge < -0.3 is 15.3 Å². The van der Waals surface area contributed by atoms with E-state index in [9.17, 15) is 9.59 Å². The van der Waals surface area contributed by atoms with Gasteiger partial charge in [-0.1, -0.05) is 0 Å². The highest BCUT2D eigenvalue weighted by atomic mass is 32.1. The number of rotatable bonds is 4. The Labute approximate surface area is 90.5 Å². The van der Waals surface area contributed by atoms with E-state index in [1.54, 1.807) is 14.1 Å². The fourth-order valence-corrected chi connectivity index (χ4v) is 1.51. The van der Waals surface area contributed by atoms with Gasteiger partial charge in [0, 0.05) is 14.1 Å². The Morgan fingerprint density at radius 2 is 2.27 bits per heavy atom. The van der Waals surface area contributed by atoms with E-state index in [1.807, 2.05) is 0 Å². The van der Waals surface area contributed by atoms with Gasteiger partial charge in [0.2, 0.25) is 5.91 Å². The minimum atomic E-state index is -1.10. The number of carbonyl (C=O) groups excluding carboxylic acids is 1. The van der Waals surface area contributed by atoms with Crippen LogP contribution in [0.4, 0.5) is 5.00 Å². The van der Waals surface area contributed by atoms with E-state index in [-0.39, 0.29) is 18.1 Å². The quantitative estimate of drug-likeness (QED) is 0.778. The fraction of sp³-hybridized carbons (Fsp3) is 0.375. The molecule has 0 bridgehead atoms. The molecule has 0 radical (unpaired) electrons. The summed E-state index contributed by atoms with van der Waals surface area (Å²) in [5.74, 6) is -1.23. The number of nitrogens with one attached hydrogen (secondary N) is 1. The summed E-state index contributed by atoms with van der Waals surface area (Å²) in [5.41, 5.74) is 1.37. The normalized spacial score (nSPS) is 9.73. The molecule has 6 nitrogen and oxygen atoms in total. The summed E-state index contributed by atoms with van der Waals surface area (Å²) >= 11 is 1.16. The van der Waals surface area contributed by atoms with E-state index in [2.05, 4.69) is 10.3 Å². The molecule has 0 aliphatic carbocycles. The molecule has 0 unspecified atom stereocenters. The summed E-state index contributed by atoms with van der Waals surface area (Å²) in [5, 5.41) is 11.9. The molecular weight excluding hydrogens is 218 g/mol. The van der Waals surface area contributed by atoms with Crippen LogP contribution < -0.4 is 5.32 Å². The van der Waals surface area contributed by atoms with Crippen molar-refractivity contribution in [2.24, 2.45) is 0 Å². The number of aromatic carboxylic acids is 1. The molecule has 0 spiro atoms. The Morgan fingerprint density at radius 3 is 2.80 bits per heavy atom. The van der Waals surface area contributed by atoms with Crippen LogP contribution in [0.25, 0.3) is 0 Å². The van der Waals surface area contributed by atoms with Crippen LogP contribution in [0.3, 0.4) is 0 Å². The van der Waals surface area contributed by atoms with Gasteiger partial charge in [-0.3, -0.25) is 4.79 Å². The Balaban J connectivity index is 2.62. The number of nitrogens with zero attached hydrogens (tertiary/aromatic N) is 2. The maximum Gasteiger partial charge on any atom is 0.357 e. The number of likely N-dealkylation sites (N-methyl/N-ethyl adjacent to an activating group) is 1. The molecule has 7 heteroatoms. The zero-order valence-electron chi connectivity index (χ0n) is 8.35. The first-order valence-corrected chi connectivity index (χ1v) is 5.01. The number of amides is 1. The number of hydrogen-bond donors (Lipinski definition) is 2. The molecule has 0 atom stereocenters. The van der Waals surface area contributed by atoms with E-state index < -0.39 is 5.97 Å². The van der Waals surface area contributed by atoms with E-state index in [1.165, 1.54) is 10.4 Å². The molecule has 1 amide bonds. The molecule has 0 fully saturated rings. The number of hydrogen-bond acceptors (Lipinski definition) is 5. The second-order valence-electron chi connectivity index (χ2n) is 2.98. The number of carbonyl (C=O) groups is 2. The smallest absolute Gasteiger partial charge is 0.357 e. The van der Waals surface area contributed by atoms with Crippen LogP contribution in [0.2, 0.25) is 0 Å². The molecular formula is C8H11N3O3S. The number of thiazole rings is 1. The lowest BCUT2D eigenvalue weighted by molar-refractivity contribution is -0.126. The van der Waals surface area contributed by atoms with Crippen LogP contribution in [0.1, 0.15) is 10.5 Å². The average Bonchev–Trinajstić information content (AvgIpc) is 2.61. The third-order valence-corrected chi connectivity index (χ3v) is 2.45. The van der Waals surface area contributed by atoms with E-state index in [4.69, 9.17) is 5.11 Å². The first-order chi connectivity index (χ1) is 7.02. The second-order valence-corrected chi connectivity index (χ2v) is 3.83. The minimum absolute atomic E-state index is 0.0495. The molecule has 2 N–H and O–H groups in total. The molecule has 0 aliphatic rings. The number of carboxylic acid groups (broad SMARTS) is 1. The molecule has 1 heterocycles. The van der Waals surface area contributed by atoms with Crippen molar-refractivity contribution in [3.8, 4) is 0 Å². The summed E-state index contributed by atoms with van der Waals surface area (Å²) < 4.78 is 0. The summed E-state index contributed by atoms with van der Waals surface area (Å²) in [6.07, 6.45) is 0. The zero-order valence-corrected chi connectivity index (χ0v) is 9.17. The molecule has 82 valence electrons. The summed E-state index contributed by atoms with van der Waals surface area (Å²) in [7, 11) is 3.27. The lowest BCUT2D eigenvalue weighted by Gasteiger charge is -2.10. The van der Waals surface area contributed by atoms with Crippen molar-refractivity contribution < 1.29 is 14.7 Å². The van der Waals surface area contributed by atoms with Gasteiger partial charge in [0.1, 0.15) is 5.00 Å². The maximum atomic E-state index is 11.2.